The minimum atomic E-state index is -3.48. The Morgan fingerprint density at radius 3 is 2.10 bits per heavy atom. The molecule has 0 aromatic heterocycles. The van der Waals surface area contributed by atoms with Gasteiger partial charge in [0.15, 0.2) is 0 Å². The van der Waals surface area contributed by atoms with Gasteiger partial charge < -0.3 is 14.5 Å². The molecule has 1 aromatic rings. The van der Waals surface area contributed by atoms with Gasteiger partial charge in [-0.2, -0.15) is 4.31 Å². The van der Waals surface area contributed by atoms with Crippen molar-refractivity contribution in [1.29, 1.82) is 0 Å². The lowest BCUT2D eigenvalue weighted by Gasteiger charge is -2.20. The lowest BCUT2D eigenvalue weighted by molar-refractivity contribution is -0.125. The number of carbonyl (C=O) groups is 2. The molecular weight excluding hydrogens is 418 g/mol. The van der Waals surface area contributed by atoms with Crippen molar-refractivity contribution in [1.82, 2.24) is 14.1 Å². The average Bonchev–Trinajstić information content (AvgIpc) is 3.21. The Balaban J connectivity index is 1.60. The molecule has 2 fully saturated rings. The third-order valence-electron chi connectivity index (χ3n) is 5.74. The summed E-state index contributed by atoms with van der Waals surface area (Å²) in [5.41, 5.74) is 0.758. The van der Waals surface area contributed by atoms with Crippen LogP contribution in [0.15, 0.2) is 35.2 Å². The van der Waals surface area contributed by atoms with Gasteiger partial charge in [-0.05, 0) is 43.0 Å². The summed E-state index contributed by atoms with van der Waals surface area (Å²) in [7, 11) is -2.13. The minimum absolute atomic E-state index is 0.131. The van der Waals surface area contributed by atoms with Crippen LogP contribution in [-0.4, -0.2) is 80.9 Å². The minimum Gasteiger partial charge on any atom is -0.453 e. The van der Waals surface area contributed by atoms with E-state index in [0.717, 1.165) is 31.2 Å². The van der Waals surface area contributed by atoms with Gasteiger partial charge in [-0.25, -0.2) is 13.2 Å². The number of hydrogen-bond donors (Lipinski definition) is 0. The summed E-state index contributed by atoms with van der Waals surface area (Å²) in [4.78, 5) is 27.8. The summed E-state index contributed by atoms with van der Waals surface area (Å²) in [6.45, 7) is 3.17. The first-order valence-corrected chi connectivity index (χ1v) is 12.3. The Labute approximate surface area is 184 Å². The topological polar surface area (TPSA) is 87.2 Å². The van der Waals surface area contributed by atoms with E-state index in [9.17, 15) is 18.0 Å². The van der Waals surface area contributed by atoms with Gasteiger partial charge in [0, 0.05) is 45.3 Å². The largest absolute Gasteiger partial charge is 0.453 e. The number of carbonyl (C=O) groups excluding carboxylic acids is 2. The van der Waals surface area contributed by atoms with Crippen LogP contribution in [0.3, 0.4) is 0 Å². The van der Waals surface area contributed by atoms with E-state index in [1.807, 2.05) is 0 Å². The Morgan fingerprint density at radius 1 is 0.839 bits per heavy atom. The second-order valence-electron chi connectivity index (χ2n) is 7.86. The molecule has 0 radical (unpaired) electrons. The Kier molecular flexibility index (Phi) is 8.09. The van der Waals surface area contributed by atoms with Gasteiger partial charge in [0.1, 0.15) is 0 Å². The summed E-state index contributed by atoms with van der Waals surface area (Å²) >= 11 is 0. The Hall–Kier alpha value is -2.39. The van der Waals surface area contributed by atoms with Gasteiger partial charge in [0.2, 0.25) is 15.9 Å². The van der Waals surface area contributed by atoms with Gasteiger partial charge in [-0.3, -0.25) is 4.79 Å². The van der Waals surface area contributed by atoms with Gasteiger partial charge >= 0.3 is 6.09 Å². The monoisotopic (exact) mass is 449 g/mol. The molecule has 2 aliphatic heterocycles. The highest BCUT2D eigenvalue weighted by atomic mass is 32.2. The summed E-state index contributed by atoms with van der Waals surface area (Å²) in [5.74, 6) is -0.131. The highest BCUT2D eigenvalue weighted by Crippen LogP contribution is 2.21. The van der Waals surface area contributed by atoms with E-state index in [1.54, 1.807) is 44.4 Å². The summed E-state index contributed by atoms with van der Waals surface area (Å²) in [6.07, 6.45) is 7.44. The van der Waals surface area contributed by atoms with Crippen LogP contribution in [-0.2, 0) is 19.6 Å². The standard InChI is InChI=1S/C22H31N3O5S/c1-30-22(27)24-14-6-13-23(17-18-24)21(26)12-9-19-7-10-20(11-8-19)31(28,29)25-15-4-2-3-5-16-25/h7-12H,2-6,13-18H2,1H3/b12-9+. The van der Waals surface area contributed by atoms with Crippen LogP contribution in [0, 0.1) is 0 Å². The second-order valence-corrected chi connectivity index (χ2v) is 9.79. The van der Waals surface area contributed by atoms with Crippen molar-refractivity contribution < 1.29 is 22.7 Å². The molecule has 170 valence electrons. The Bertz CT molecular complexity index is 890. The first kappa shape index (κ1) is 23.3. The normalized spacial score (nSPS) is 19.1. The smallest absolute Gasteiger partial charge is 0.409 e. The van der Waals surface area contributed by atoms with Crippen molar-refractivity contribution in [3.8, 4) is 0 Å². The third-order valence-corrected chi connectivity index (χ3v) is 7.65. The number of sulfonamides is 1. The zero-order valence-corrected chi connectivity index (χ0v) is 18.8. The number of nitrogens with zero attached hydrogens (tertiary/aromatic N) is 3. The molecule has 0 spiro atoms. The highest BCUT2D eigenvalue weighted by molar-refractivity contribution is 7.89. The van der Waals surface area contributed by atoms with Crippen molar-refractivity contribution in [3.05, 3.63) is 35.9 Å². The highest BCUT2D eigenvalue weighted by Gasteiger charge is 2.25. The molecule has 3 rings (SSSR count). The number of benzene rings is 1. The van der Waals surface area contributed by atoms with Crippen molar-refractivity contribution in [2.24, 2.45) is 0 Å². The van der Waals surface area contributed by atoms with Crippen molar-refractivity contribution in [2.75, 3.05) is 46.4 Å². The fraction of sp³-hybridized carbons (Fsp3) is 0.545. The molecule has 2 aliphatic rings. The fourth-order valence-electron chi connectivity index (χ4n) is 3.90. The predicted octanol–water partition coefficient (Wildman–Crippen LogP) is 2.57. The summed E-state index contributed by atoms with van der Waals surface area (Å²) in [5, 5.41) is 0. The zero-order valence-electron chi connectivity index (χ0n) is 18.0. The van der Waals surface area contributed by atoms with Gasteiger partial charge in [0.05, 0.1) is 12.0 Å². The number of methoxy groups -OCH3 is 1. The first-order valence-electron chi connectivity index (χ1n) is 10.8. The SMILES string of the molecule is COC(=O)N1CCCN(C(=O)/C=C/c2ccc(S(=O)(=O)N3CCCCCC3)cc2)CC1. The van der Waals surface area contributed by atoms with Gasteiger partial charge in [-0.15, -0.1) is 0 Å². The predicted molar refractivity (Wildman–Crippen MR) is 118 cm³/mol. The molecule has 31 heavy (non-hydrogen) atoms. The molecule has 2 amide bonds. The molecule has 9 heteroatoms. The molecule has 0 N–H and O–H groups in total. The molecule has 8 nitrogen and oxygen atoms in total. The van der Waals surface area contributed by atoms with Crippen LogP contribution in [0.1, 0.15) is 37.7 Å². The van der Waals surface area contributed by atoms with E-state index >= 15 is 0 Å². The van der Waals surface area contributed by atoms with Crippen molar-refractivity contribution in [2.45, 2.75) is 37.0 Å². The molecule has 0 saturated carbocycles. The Morgan fingerprint density at radius 2 is 1.45 bits per heavy atom. The van der Waals surface area contributed by atoms with Crippen molar-refractivity contribution in [3.63, 3.8) is 0 Å². The van der Waals surface area contributed by atoms with E-state index in [2.05, 4.69) is 0 Å². The zero-order chi connectivity index (χ0) is 22.3. The maximum atomic E-state index is 12.9. The van der Waals surface area contributed by atoms with Gasteiger partial charge in [0.25, 0.3) is 0 Å². The van der Waals surface area contributed by atoms with E-state index in [0.29, 0.717) is 45.7 Å². The maximum absolute atomic E-state index is 12.9. The number of amides is 2. The quantitative estimate of drug-likeness (QED) is 0.660. The third kappa shape index (κ3) is 6.07. The lowest BCUT2D eigenvalue weighted by atomic mass is 10.2. The van der Waals surface area contributed by atoms with Crippen LogP contribution in [0.5, 0.6) is 0 Å². The van der Waals surface area contributed by atoms with Crippen LogP contribution in [0.4, 0.5) is 4.79 Å². The average molecular weight is 450 g/mol. The molecule has 2 heterocycles. The molecular formula is C22H31N3O5S. The molecule has 0 bridgehead atoms. The van der Waals surface area contributed by atoms with E-state index in [1.165, 1.54) is 13.2 Å². The van der Waals surface area contributed by atoms with E-state index < -0.39 is 10.0 Å². The van der Waals surface area contributed by atoms with Crippen LogP contribution in [0.2, 0.25) is 0 Å². The summed E-state index contributed by atoms with van der Waals surface area (Å²) in [6, 6.07) is 6.64. The fourth-order valence-corrected chi connectivity index (χ4v) is 5.42. The van der Waals surface area contributed by atoms with Crippen LogP contribution < -0.4 is 0 Å². The number of rotatable bonds is 4. The maximum Gasteiger partial charge on any atom is 0.409 e. The van der Waals surface area contributed by atoms with Gasteiger partial charge in [-0.1, -0.05) is 25.0 Å². The first-order chi connectivity index (χ1) is 14.9. The number of ether oxygens (including phenoxy) is 1. The van der Waals surface area contributed by atoms with Crippen molar-refractivity contribution >= 4 is 28.1 Å². The van der Waals surface area contributed by atoms with Crippen LogP contribution >= 0.6 is 0 Å². The second kappa shape index (κ2) is 10.8. The summed E-state index contributed by atoms with van der Waals surface area (Å²) < 4.78 is 32.0. The molecule has 2 saturated heterocycles. The molecule has 1 aromatic carbocycles. The number of hydrogen-bond acceptors (Lipinski definition) is 5. The van der Waals surface area contributed by atoms with E-state index in [4.69, 9.17) is 4.74 Å². The lowest BCUT2D eigenvalue weighted by Crippen LogP contribution is -2.36. The van der Waals surface area contributed by atoms with E-state index in [-0.39, 0.29) is 16.9 Å². The van der Waals surface area contributed by atoms with Crippen LogP contribution in [0.25, 0.3) is 6.08 Å². The molecule has 0 atom stereocenters. The molecule has 0 unspecified atom stereocenters. The molecule has 0 aliphatic carbocycles.